The van der Waals surface area contributed by atoms with Crippen LogP contribution in [0.4, 0.5) is 0 Å². The lowest BCUT2D eigenvalue weighted by atomic mass is 9.87. The lowest BCUT2D eigenvalue weighted by molar-refractivity contribution is 0.171. The van der Waals surface area contributed by atoms with E-state index in [1.165, 1.54) is 0 Å². The molecule has 1 unspecified atom stereocenters. The van der Waals surface area contributed by atoms with Crippen molar-refractivity contribution in [3.8, 4) is 11.5 Å². The number of hydrazine groups is 1. The highest BCUT2D eigenvalue weighted by Gasteiger charge is 2.18. The smallest absolute Gasteiger partial charge is 0.161 e. The van der Waals surface area contributed by atoms with Gasteiger partial charge in [-0.3, -0.25) is 11.3 Å². The Kier molecular flexibility index (Phi) is 4.32. The number of nitrogens with two attached hydrogens (primary N) is 1. The van der Waals surface area contributed by atoms with Crippen molar-refractivity contribution in [2.45, 2.75) is 39.7 Å². The van der Waals surface area contributed by atoms with Gasteiger partial charge in [-0.2, -0.15) is 0 Å². The monoisotopic (exact) mass is 264 g/mol. The van der Waals surface area contributed by atoms with Gasteiger partial charge in [0, 0.05) is 6.04 Å². The van der Waals surface area contributed by atoms with Gasteiger partial charge in [0.25, 0.3) is 0 Å². The van der Waals surface area contributed by atoms with E-state index in [4.69, 9.17) is 15.3 Å². The van der Waals surface area contributed by atoms with Crippen LogP contribution < -0.4 is 20.7 Å². The highest BCUT2D eigenvalue weighted by molar-refractivity contribution is 5.44. The van der Waals surface area contributed by atoms with E-state index in [9.17, 15) is 0 Å². The van der Waals surface area contributed by atoms with Gasteiger partial charge in [0.1, 0.15) is 13.2 Å². The Hall–Kier alpha value is -1.26. The molecule has 0 saturated heterocycles. The third-order valence-corrected chi connectivity index (χ3v) is 3.35. The quantitative estimate of drug-likeness (QED) is 0.648. The summed E-state index contributed by atoms with van der Waals surface area (Å²) in [6.07, 6.45) is 2.11. The predicted octanol–water partition coefficient (Wildman–Crippen LogP) is 2.79. The standard InChI is InChI=1S/C15H24N2O2/c1-15(2,3)7-6-12(17-16)11-4-5-13-14(10-11)19-9-8-18-13/h4-5,10,12,17H,6-9,16H2,1-3H3. The number of benzene rings is 1. The van der Waals surface area contributed by atoms with E-state index >= 15 is 0 Å². The zero-order valence-electron chi connectivity index (χ0n) is 12.0. The molecule has 0 saturated carbocycles. The minimum atomic E-state index is 0.148. The van der Waals surface area contributed by atoms with Gasteiger partial charge in [-0.25, -0.2) is 0 Å². The summed E-state index contributed by atoms with van der Waals surface area (Å²) in [4.78, 5) is 0. The molecule has 0 fully saturated rings. The molecule has 1 atom stereocenters. The van der Waals surface area contributed by atoms with Crippen molar-refractivity contribution in [1.82, 2.24) is 5.43 Å². The largest absolute Gasteiger partial charge is 0.486 e. The van der Waals surface area contributed by atoms with Crippen molar-refractivity contribution in [2.24, 2.45) is 11.3 Å². The van der Waals surface area contributed by atoms with Crippen LogP contribution in [0.5, 0.6) is 11.5 Å². The van der Waals surface area contributed by atoms with Crippen molar-refractivity contribution in [3.63, 3.8) is 0 Å². The van der Waals surface area contributed by atoms with Crippen molar-refractivity contribution in [2.75, 3.05) is 13.2 Å². The van der Waals surface area contributed by atoms with Crippen LogP contribution in [0.3, 0.4) is 0 Å². The summed E-state index contributed by atoms with van der Waals surface area (Å²) in [7, 11) is 0. The zero-order valence-corrected chi connectivity index (χ0v) is 12.0. The summed E-state index contributed by atoms with van der Waals surface area (Å²) < 4.78 is 11.1. The van der Waals surface area contributed by atoms with Gasteiger partial charge in [-0.05, 0) is 36.0 Å². The summed E-state index contributed by atoms with van der Waals surface area (Å²) >= 11 is 0. The highest BCUT2D eigenvalue weighted by atomic mass is 16.6. The molecule has 0 amide bonds. The minimum absolute atomic E-state index is 0.148. The van der Waals surface area contributed by atoms with E-state index in [-0.39, 0.29) is 6.04 Å². The lowest BCUT2D eigenvalue weighted by Crippen LogP contribution is -2.29. The molecular formula is C15H24N2O2. The summed E-state index contributed by atoms with van der Waals surface area (Å²) in [5.41, 5.74) is 4.36. The van der Waals surface area contributed by atoms with Gasteiger partial charge < -0.3 is 9.47 Å². The first-order valence-corrected chi connectivity index (χ1v) is 6.85. The molecule has 1 aromatic rings. The van der Waals surface area contributed by atoms with Crippen molar-refractivity contribution >= 4 is 0 Å². The van der Waals surface area contributed by atoms with Crippen molar-refractivity contribution in [1.29, 1.82) is 0 Å². The number of hydrogen-bond acceptors (Lipinski definition) is 4. The molecule has 0 radical (unpaired) electrons. The Balaban J connectivity index is 2.10. The fourth-order valence-corrected chi connectivity index (χ4v) is 2.20. The predicted molar refractivity (Wildman–Crippen MR) is 76.2 cm³/mol. The Labute approximate surface area is 115 Å². The normalized spacial score (nSPS) is 16.2. The third-order valence-electron chi connectivity index (χ3n) is 3.35. The van der Waals surface area contributed by atoms with Crippen LogP contribution in [-0.2, 0) is 0 Å². The number of fused-ring (bicyclic) bond motifs is 1. The van der Waals surface area contributed by atoms with Gasteiger partial charge >= 0.3 is 0 Å². The van der Waals surface area contributed by atoms with E-state index in [0.29, 0.717) is 18.6 Å². The van der Waals surface area contributed by atoms with Crippen LogP contribution in [0.15, 0.2) is 18.2 Å². The number of nitrogens with one attached hydrogen (secondary N) is 1. The molecule has 1 aliphatic rings. The Morgan fingerprint density at radius 2 is 1.89 bits per heavy atom. The Morgan fingerprint density at radius 1 is 1.21 bits per heavy atom. The molecule has 0 spiro atoms. The number of hydrogen-bond donors (Lipinski definition) is 2. The van der Waals surface area contributed by atoms with Crippen LogP contribution in [0, 0.1) is 5.41 Å². The Bertz CT molecular complexity index is 427. The maximum atomic E-state index is 5.69. The van der Waals surface area contributed by atoms with Crippen LogP contribution in [0.1, 0.15) is 45.2 Å². The van der Waals surface area contributed by atoms with Crippen molar-refractivity contribution < 1.29 is 9.47 Å². The van der Waals surface area contributed by atoms with Gasteiger partial charge in [0.15, 0.2) is 11.5 Å². The summed E-state index contributed by atoms with van der Waals surface area (Å²) in [5.74, 6) is 7.33. The molecule has 1 heterocycles. The molecule has 4 heteroatoms. The van der Waals surface area contributed by atoms with Gasteiger partial charge in [0.2, 0.25) is 0 Å². The highest BCUT2D eigenvalue weighted by Crippen LogP contribution is 2.34. The Morgan fingerprint density at radius 3 is 2.53 bits per heavy atom. The molecule has 0 bridgehead atoms. The fourth-order valence-electron chi connectivity index (χ4n) is 2.20. The lowest BCUT2D eigenvalue weighted by Gasteiger charge is -2.24. The molecule has 106 valence electrons. The SMILES string of the molecule is CC(C)(C)CCC(NN)c1ccc2c(c1)OCCO2. The summed E-state index contributed by atoms with van der Waals surface area (Å²) in [6, 6.07) is 6.20. The van der Waals surface area contributed by atoms with E-state index < -0.39 is 0 Å². The average molecular weight is 264 g/mol. The first-order chi connectivity index (χ1) is 8.99. The summed E-state index contributed by atoms with van der Waals surface area (Å²) in [6.45, 7) is 7.95. The average Bonchev–Trinajstić information content (AvgIpc) is 2.38. The topological polar surface area (TPSA) is 56.5 Å². The summed E-state index contributed by atoms with van der Waals surface area (Å²) in [5, 5.41) is 0. The van der Waals surface area contributed by atoms with E-state index in [0.717, 1.165) is 29.9 Å². The molecule has 19 heavy (non-hydrogen) atoms. The number of rotatable bonds is 4. The molecule has 1 aliphatic heterocycles. The molecule has 0 aliphatic carbocycles. The second-order valence-corrected chi connectivity index (χ2v) is 6.22. The van der Waals surface area contributed by atoms with Crippen LogP contribution >= 0.6 is 0 Å². The van der Waals surface area contributed by atoms with Gasteiger partial charge in [-0.1, -0.05) is 26.8 Å². The minimum Gasteiger partial charge on any atom is -0.486 e. The zero-order chi connectivity index (χ0) is 13.9. The van der Waals surface area contributed by atoms with Crippen LogP contribution in [0.25, 0.3) is 0 Å². The maximum absolute atomic E-state index is 5.69. The number of ether oxygens (including phenoxy) is 2. The molecule has 1 aromatic carbocycles. The first kappa shape index (κ1) is 14.2. The second kappa shape index (κ2) is 5.80. The first-order valence-electron chi connectivity index (χ1n) is 6.85. The molecule has 3 N–H and O–H groups in total. The molecular weight excluding hydrogens is 240 g/mol. The van der Waals surface area contributed by atoms with E-state index in [2.05, 4.69) is 32.3 Å². The van der Waals surface area contributed by atoms with E-state index in [1.807, 2.05) is 12.1 Å². The molecule has 4 nitrogen and oxygen atoms in total. The van der Waals surface area contributed by atoms with Crippen LogP contribution in [-0.4, -0.2) is 13.2 Å². The maximum Gasteiger partial charge on any atom is 0.161 e. The van der Waals surface area contributed by atoms with Gasteiger partial charge in [0.05, 0.1) is 0 Å². The molecule has 2 rings (SSSR count). The fraction of sp³-hybridized carbons (Fsp3) is 0.600. The third kappa shape index (κ3) is 3.85. The van der Waals surface area contributed by atoms with Crippen molar-refractivity contribution in [3.05, 3.63) is 23.8 Å². The molecule has 0 aromatic heterocycles. The van der Waals surface area contributed by atoms with Gasteiger partial charge in [-0.15, -0.1) is 0 Å². The second-order valence-electron chi connectivity index (χ2n) is 6.22. The van der Waals surface area contributed by atoms with Crippen LogP contribution in [0.2, 0.25) is 0 Å². The van der Waals surface area contributed by atoms with E-state index in [1.54, 1.807) is 0 Å².